The van der Waals surface area contributed by atoms with E-state index in [1.807, 2.05) is 0 Å². The molecule has 1 fully saturated rings. The fraction of sp³-hybridized carbons (Fsp3) is 0.769. The zero-order valence-corrected chi connectivity index (χ0v) is 10.3. The van der Waals surface area contributed by atoms with Crippen LogP contribution >= 0.6 is 0 Å². The van der Waals surface area contributed by atoms with Crippen molar-refractivity contribution in [3.63, 3.8) is 0 Å². The molecule has 2 atom stereocenters. The molecule has 0 unspecified atom stereocenters. The minimum Gasteiger partial charge on any atom is -0.306 e. The Morgan fingerprint density at radius 2 is 2.25 bits per heavy atom. The van der Waals surface area contributed by atoms with Crippen LogP contribution in [-0.2, 0) is 19.3 Å². The lowest BCUT2D eigenvalue weighted by atomic mass is 9.74. The largest absolute Gasteiger partial charge is 0.306 e. The van der Waals surface area contributed by atoms with Crippen LogP contribution in [0, 0.1) is 11.8 Å². The van der Waals surface area contributed by atoms with Crippen LogP contribution in [0.15, 0.2) is 0 Å². The van der Waals surface area contributed by atoms with E-state index in [4.69, 9.17) is 0 Å². The third-order valence-electron chi connectivity index (χ3n) is 4.40. The third-order valence-corrected chi connectivity index (χ3v) is 4.40. The maximum atomic E-state index is 4.45. The van der Waals surface area contributed by atoms with E-state index in [1.54, 1.807) is 5.56 Å². The van der Waals surface area contributed by atoms with Crippen molar-refractivity contribution >= 4 is 0 Å². The van der Waals surface area contributed by atoms with Gasteiger partial charge < -0.3 is 4.90 Å². The van der Waals surface area contributed by atoms with Crippen LogP contribution in [-0.4, -0.2) is 35.2 Å². The molecule has 1 aliphatic heterocycles. The van der Waals surface area contributed by atoms with Crippen LogP contribution in [0.3, 0.4) is 0 Å². The number of likely N-dealkylation sites (tertiary alicyclic amines) is 1. The average molecular weight is 219 g/mol. The zero-order chi connectivity index (χ0) is 11.1. The summed E-state index contributed by atoms with van der Waals surface area (Å²) in [7, 11) is 2.25. The zero-order valence-electron chi connectivity index (χ0n) is 10.3. The number of nitrogens with one attached hydrogen (secondary N) is 1. The monoisotopic (exact) mass is 219 g/mol. The van der Waals surface area contributed by atoms with Crippen LogP contribution in [0.4, 0.5) is 0 Å². The van der Waals surface area contributed by atoms with Crippen LogP contribution in [0.2, 0.25) is 0 Å². The van der Waals surface area contributed by atoms with Crippen LogP contribution in [0.25, 0.3) is 0 Å². The van der Waals surface area contributed by atoms with Crippen molar-refractivity contribution in [2.45, 2.75) is 32.6 Å². The lowest BCUT2D eigenvalue weighted by molar-refractivity contribution is 0.133. The van der Waals surface area contributed by atoms with Gasteiger partial charge in [-0.25, -0.2) is 0 Å². The van der Waals surface area contributed by atoms with Crippen molar-refractivity contribution in [3.8, 4) is 0 Å². The number of aryl methyl sites for hydroxylation is 1. The molecule has 0 aromatic carbocycles. The van der Waals surface area contributed by atoms with Gasteiger partial charge in [0.05, 0.1) is 5.69 Å². The highest BCUT2D eigenvalue weighted by molar-refractivity contribution is 5.29. The molecule has 2 aliphatic rings. The van der Waals surface area contributed by atoms with Gasteiger partial charge in [0, 0.05) is 12.2 Å². The van der Waals surface area contributed by atoms with Crippen molar-refractivity contribution in [1.82, 2.24) is 15.1 Å². The van der Waals surface area contributed by atoms with Crippen molar-refractivity contribution in [1.29, 1.82) is 0 Å². The molecule has 1 N–H and O–H groups in total. The maximum absolute atomic E-state index is 4.45. The molecule has 3 rings (SSSR count). The average Bonchev–Trinajstić information content (AvgIpc) is 2.68. The number of fused-ring (bicyclic) bond motifs is 2. The van der Waals surface area contributed by atoms with E-state index in [9.17, 15) is 0 Å². The minimum absolute atomic E-state index is 0.870. The van der Waals surface area contributed by atoms with E-state index in [1.165, 1.54) is 43.7 Å². The Morgan fingerprint density at radius 1 is 1.38 bits per heavy atom. The molecule has 0 radical (unpaired) electrons. The molecule has 1 aromatic rings. The second kappa shape index (κ2) is 3.88. The molecule has 3 nitrogen and oxygen atoms in total. The first-order valence-corrected chi connectivity index (χ1v) is 6.51. The summed E-state index contributed by atoms with van der Waals surface area (Å²) in [6, 6.07) is 0. The Morgan fingerprint density at radius 3 is 3.06 bits per heavy atom. The Balaban J connectivity index is 1.87. The van der Waals surface area contributed by atoms with Crippen molar-refractivity contribution < 1.29 is 0 Å². The smallest absolute Gasteiger partial charge is 0.0654 e. The normalized spacial score (nSPS) is 29.9. The lowest BCUT2D eigenvalue weighted by Gasteiger charge is -2.39. The first-order valence-electron chi connectivity index (χ1n) is 6.51. The van der Waals surface area contributed by atoms with Gasteiger partial charge in [-0.2, -0.15) is 5.10 Å². The summed E-state index contributed by atoms with van der Waals surface area (Å²) >= 11 is 0. The van der Waals surface area contributed by atoms with Gasteiger partial charge in [0.15, 0.2) is 0 Å². The minimum atomic E-state index is 0.870. The van der Waals surface area contributed by atoms with Gasteiger partial charge in [-0.1, -0.05) is 6.92 Å². The molecular weight excluding hydrogens is 198 g/mol. The molecule has 88 valence electrons. The molecule has 2 heterocycles. The number of piperidine rings is 1. The van der Waals surface area contributed by atoms with E-state index >= 15 is 0 Å². The number of H-pyrrole nitrogens is 1. The van der Waals surface area contributed by atoms with Gasteiger partial charge in [-0.3, -0.25) is 5.10 Å². The SMILES string of the molecule is CCc1n[nH]c2c1C[C@H]1CN(C)CC[C@H]1C2. The maximum Gasteiger partial charge on any atom is 0.0654 e. The van der Waals surface area contributed by atoms with Gasteiger partial charge in [-0.05, 0) is 56.7 Å². The topological polar surface area (TPSA) is 31.9 Å². The van der Waals surface area contributed by atoms with E-state index in [0.717, 1.165) is 18.3 Å². The first kappa shape index (κ1) is 10.3. The Labute approximate surface area is 97.2 Å². The van der Waals surface area contributed by atoms with Crippen LogP contribution in [0.1, 0.15) is 30.3 Å². The quantitative estimate of drug-likeness (QED) is 0.778. The predicted molar refractivity (Wildman–Crippen MR) is 64.5 cm³/mol. The van der Waals surface area contributed by atoms with E-state index in [2.05, 4.69) is 29.1 Å². The molecule has 1 aromatic heterocycles. The second-order valence-corrected chi connectivity index (χ2v) is 5.46. The molecule has 0 spiro atoms. The molecule has 0 amide bonds. The second-order valence-electron chi connectivity index (χ2n) is 5.46. The van der Waals surface area contributed by atoms with Gasteiger partial charge >= 0.3 is 0 Å². The van der Waals surface area contributed by atoms with Crippen LogP contribution in [0.5, 0.6) is 0 Å². The standard InChI is InChI=1S/C13H21N3/c1-3-12-11-6-10-8-16(2)5-4-9(10)7-13(11)15-14-12/h9-10H,3-8H2,1-2H3,(H,14,15)/t9-,10-/m0/s1. The fourth-order valence-electron chi connectivity index (χ4n) is 3.43. The molecule has 0 bridgehead atoms. The van der Waals surface area contributed by atoms with Crippen molar-refractivity contribution in [2.24, 2.45) is 11.8 Å². The fourth-order valence-corrected chi connectivity index (χ4v) is 3.43. The summed E-state index contributed by atoms with van der Waals surface area (Å²) in [6.07, 6.45) is 4.92. The summed E-state index contributed by atoms with van der Waals surface area (Å²) in [5.41, 5.74) is 4.28. The van der Waals surface area contributed by atoms with Crippen LogP contribution < -0.4 is 0 Å². The third kappa shape index (κ3) is 1.58. The molecular formula is C13H21N3. The number of hydrogen-bond donors (Lipinski definition) is 1. The van der Waals surface area contributed by atoms with Gasteiger partial charge in [0.2, 0.25) is 0 Å². The Hall–Kier alpha value is -0.830. The van der Waals surface area contributed by atoms with Gasteiger partial charge in [-0.15, -0.1) is 0 Å². The van der Waals surface area contributed by atoms with Gasteiger partial charge in [0.1, 0.15) is 0 Å². The summed E-state index contributed by atoms with van der Waals surface area (Å²) in [4.78, 5) is 2.48. The number of aromatic nitrogens is 2. The number of aromatic amines is 1. The number of rotatable bonds is 1. The molecule has 3 heteroatoms. The summed E-state index contributed by atoms with van der Waals surface area (Å²) in [5.74, 6) is 1.77. The highest BCUT2D eigenvalue weighted by atomic mass is 15.1. The lowest BCUT2D eigenvalue weighted by Crippen LogP contribution is -2.41. The van der Waals surface area contributed by atoms with E-state index in [0.29, 0.717) is 0 Å². The summed E-state index contributed by atoms with van der Waals surface area (Å²) < 4.78 is 0. The van der Waals surface area contributed by atoms with Gasteiger partial charge in [0.25, 0.3) is 0 Å². The summed E-state index contributed by atoms with van der Waals surface area (Å²) in [6.45, 7) is 4.75. The van der Waals surface area contributed by atoms with E-state index < -0.39 is 0 Å². The van der Waals surface area contributed by atoms with Crippen molar-refractivity contribution in [3.05, 3.63) is 17.0 Å². The first-order chi connectivity index (χ1) is 7.78. The highest BCUT2D eigenvalue weighted by Gasteiger charge is 2.34. The summed E-state index contributed by atoms with van der Waals surface area (Å²) in [5, 5.41) is 7.71. The van der Waals surface area contributed by atoms with E-state index in [-0.39, 0.29) is 0 Å². The Bertz CT molecular complexity index is 383. The molecule has 1 aliphatic carbocycles. The molecule has 0 saturated carbocycles. The molecule has 16 heavy (non-hydrogen) atoms. The Kier molecular flexibility index (Phi) is 2.51. The predicted octanol–water partition coefficient (Wildman–Crippen LogP) is 1.64. The number of hydrogen-bond acceptors (Lipinski definition) is 2. The number of nitrogens with zero attached hydrogens (tertiary/aromatic N) is 2. The molecule has 1 saturated heterocycles. The highest BCUT2D eigenvalue weighted by Crippen LogP contribution is 2.35. The van der Waals surface area contributed by atoms with Crippen molar-refractivity contribution in [2.75, 3.05) is 20.1 Å².